The molecule has 0 bridgehead atoms. The zero-order chi connectivity index (χ0) is 12.1. The third kappa shape index (κ3) is 3.32. The van der Waals surface area contributed by atoms with Crippen molar-refractivity contribution in [2.45, 2.75) is 38.1 Å². The molecule has 1 saturated carbocycles. The van der Waals surface area contributed by atoms with Crippen LogP contribution in [0.4, 0.5) is 10.1 Å². The Kier molecular flexibility index (Phi) is 4.18. The van der Waals surface area contributed by atoms with Gasteiger partial charge in [-0.05, 0) is 43.0 Å². The van der Waals surface area contributed by atoms with Gasteiger partial charge in [-0.3, -0.25) is 0 Å². The van der Waals surface area contributed by atoms with Gasteiger partial charge in [-0.15, -0.1) is 6.58 Å². The normalized spacial score (nSPS) is 18.6. The Labute approximate surface area is 103 Å². The summed E-state index contributed by atoms with van der Waals surface area (Å²) in [5.41, 5.74) is 0.974. The van der Waals surface area contributed by atoms with E-state index in [0.717, 1.165) is 5.69 Å². The number of anilines is 1. The Hall–Kier alpha value is -1.31. The summed E-state index contributed by atoms with van der Waals surface area (Å²) in [5, 5.41) is 3.44. The highest BCUT2D eigenvalue weighted by molar-refractivity contribution is 5.44. The van der Waals surface area contributed by atoms with E-state index in [0.29, 0.717) is 12.0 Å². The second kappa shape index (κ2) is 5.85. The number of benzene rings is 1. The fourth-order valence-corrected chi connectivity index (χ4v) is 2.60. The van der Waals surface area contributed by atoms with Crippen LogP contribution < -0.4 is 5.32 Å². The van der Waals surface area contributed by atoms with Crippen molar-refractivity contribution in [1.82, 2.24) is 0 Å². The predicted molar refractivity (Wildman–Crippen MR) is 70.6 cm³/mol. The van der Waals surface area contributed by atoms with E-state index in [1.807, 2.05) is 6.08 Å². The largest absolute Gasteiger partial charge is 0.379 e. The second-order valence-corrected chi connectivity index (χ2v) is 4.81. The van der Waals surface area contributed by atoms with Crippen molar-refractivity contribution < 1.29 is 4.39 Å². The topological polar surface area (TPSA) is 12.0 Å². The molecule has 0 amide bonds. The van der Waals surface area contributed by atoms with Crippen molar-refractivity contribution in [3.8, 4) is 0 Å². The lowest BCUT2D eigenvalue weighted by Gasteiger charge is -2.29. The maximum atomic E-state index is 12.8. The summed E-state index contributed by atoms with van der Waals surface area (Å²) in [6.45, 7) is 3.91. The van der Waals surface area contributed by atoms with Crippen molar-refractivity contribution >= 4 is 5.69 Å². The molecule has 0 aromatic heterocycles. The van der Waals surface area contributed by atoms with E-state index < -0.39 is 0 Å². The van der Waals surface area contributed by atoms with Crippen LogP contribution in [0.5, 0.6) is 0 Å². The molecule has 2 rings (SSSR count). The molecule has 1 fully saturated rings. The minimum absolute atomic E-state index is 0.191. The number of rotatable bonds is 4. The van der Waals surface area contributed by atoms with Gasteiger partial charge in [0, 0.05) is 11.7 Å². The molecule has 0 radical (unpaired) electrons. The SMILES string of the molecule is C=C[C@H](Nc1ccc(F)cc1)C1CCCCC1. The molecule has 2 heteroatoms. The van der Waals surface area contributed by atoms with Gasteiger partial charge in [-0.25, -0.2) is 4.39 Å². The fourth-order valence-electron chi connectivity index (χ4n) is 2.60. The van der Waals surface area contributed by atoms with E-state index in [1.165, 1.54) is 44.2 Å². The highest BCUT2D eigenvalue weighted by atomic mass is 19.1. The molecular weight excluding hydrogens is 213 g/mol. The van der Waals surface area contributed by atoms with Gasteiger partial charge in [0.2, 0.25) is 0 Å². The summed E-state index contributed by atoms with van der Waals surface area (Å²) < 4.78 is 12.8. The molecule has 1 N–H and O–H groups in total. The van der Waals surface area contributed by atoms with Crippen molar-refractivity contribution in [1.29, 1.82) is 0 Å². The van der Waals surface area contributed by atoms with Crippen LogP contribution in [0.2, 0.25) is 0 Å². The monoisotopic (exact) mass is 233 g/mol. The first-order chi connectivity index (χ1) is 8.29. The van der Waals surface area contributed by atoms with Crippen LogP contribution in [0.3, 0.4) is 0 Å². The van der Waals surface area contributed by atoms with Crippen LogP contribution in [-0.4, -0.2) is 6.04 Å². The van der Waals surface area contributed by atoms with Crippen LogP contribution in [0.15, 0.2) is 36.9 Å². The lowest BCUT2D eigenvalue weighted by Crippen LogP contribution is -2.28. The summed E-state index contributed by atoms with van der Waals surface area (Å²) in [5.74, 6) is 0.481. The van der Waals surface area contributed by atoms with Gasteiger partial charge in [0.25, 0.3) is 0 Å². The molecule has 0 aliphatic heterocycles. The highest BCUT2D eigenvalue weighted by Gasteiger charge is 2.20. The average molecular weight is 233 g/mol. The lowest BCUT2D eigenvalue weighted by molar-refractivity contribution is 0.343. The van der Waals surface area contributed by atoms with E-state index in [2.05, 4.69) is 11.9 Å². The van der Waals surface area contributed by atoms with E-state index in [4.69, 9.17) is 0 Å². The molecule has 17 heavy (non-hydrogen) atoms. The molecule has 1 atom stereocenters. The third-order valence-corrected chi connectivity index (χ3v) is 3.59. The summed E-state index contributed by atoms with van der Waals surface area (Å²) in [6.07, 6.45) is 8.52. The molecule has 1 aromatic carbocycles. The average Bonchev–Trinajstić information content (AvgIpc) is 2.39. The van der Waals surface area contributed by atoms with Crippen molar-refractivity contribution in [2.24, 2.45) is 5.92 Å². The van der Waals surface area contributed by atoms with Crippen LogP contribution in [0, 0.1) is 11.7 Å². The maximum absolute atomic E-state index is 12.8. The number of nitrogens with one attached hydrogen (secondary N) is 1. The molecule has 0 unspecified atom stereocenters. The molecular formula is C15H20FN. The van der Waals surface area contributed by atoms with Crippen LogP contribution in [0.25, 0.3) is 0 Å². The summed E-state index contributed by atoms with van der Waals surface area (Å²) >= 11 is 0. The molecule has 0 saturated heterocycles. The van der Waals surface area contributed by atoms with Gasteiger partial charge in [0.05, 0.1) is 0 Å². The van der Waals surface area contributed by atoms with Crippen LogP contribution >= 0.6 is 0 Å². The highest BCUT2D eigenvalue weighted by Crippen LogP contribution is 2.28. The summed E-state index contributed by atoms with van der Waals surface area (Å²) in [6, 6.07) is 6.86. The van der Waals surface area contributed by atoms with Crippen LogP contribution in [-0.2, 0) is 0 Å². The molecule has 1 aliphatic carbocycles. The van der Waals surface area contributed by atoms with E-state index in [9.17, 15) is 4.39 Å². The molecule has 1 nitrogen and oxygen atoms in total. The quantitative estimate of drug-likeness (QED) is 0.761. The Morgan fingerprint density at radius 3 is 2.41 bits per heavy atom. The number of halogens is 1. The Morgan fingerprint density at radius 2 is 1.82 bits per heavy atom. The Bertz CT molecular complexity index is 352. The predicted octanol–water partition coefficient (Wildman–Crippen LogP) is 4.37. The number of hydrogen-bond donors (Lipinski definition) is 1. The van der Waals surface area contributed by atoms with Crippen molar-refractivity contribution in [3.63, 3.8) is 0 Å². The molecule has 0 spiro atoms. The molecule has 1 aliphatic rings. The zero-order valence-electron chi connectivity index (χ0n) is 10.2. The van der Waals surface area contributed by atoms with Crippen molar-refractivity contribution in [3.05, 3.63) is 42.7 Å². The first kappa shape index (κ1) is 12.2. The lowest BCUT2D eigenvalue weighted by atomic mass is 9.84. The molecule has 92 valence electrons. The van der Waals surface area contributed by atoms with Crippen LogP contribution in [0.1, 0.15) is 32.1 Å². The fraction of sp³-hybridized carbons (Fsp3) is 0.467. The molecule has 0 heterocycles. The van der Waals surface area contributed by atoms with Gasteiger partial charge in [-0.2, -0.15) is 0 Å². The smallest absolute Gasteiger partial charge is 0.123 e. The van der Waals surface area contributed by atoms with Gasteiger partial charge in [0.1, 0.15) is 5.82 Å². The van der Waals surface area contributed by atoms with Gasteiger partial charge in [0.15, 0.2) is 0 Å². The third-order valence-electron chi connectivity index (χ3n) is 3.59. The minimum Gasteiger partial charge on any atom is -0.379 e. The zero-order valence-corrected chi connectivity index (χ0v) is 10.2. The van der Waals surface area contributed by atoms with Gasteiger partial charge in [-0.1, -0.05) is 25.3 Å². The van der Waals surface area contributed by atoms with Gasteiger partial charge >= 0.3 is 0 Å². The maximum Gasteiger partial charge on any atom is 0.123 e. The first-order valence-corrected chi connectivity index (χ1v) is 6.44. The summed E-state index contributed by atoms with van der Waals surface area (Å²) in [4.78, 5) is 0. The Balaban J connectivity index is 1.98. The van der Waals surface area contributed by atoms with E-state index in [1.54, 1.807) is 12.1 Å². The summed E-state index contributed by atoms with van der Waals surface area (Å²) in [7, 11) is 0. The second-order valence-electron chi connectivity index (χ2n) is 4.81. The standard InChI is InChI=1S/C15H20FN/c1-2-15(12-6-4-3-5-7-12)17-14-10-8-13(16)9-11-14/h2,8-12,15,17H,1,3-7H2/t15-/m0/s1. The minimum atomic E-state index is -0.191. The Morgan fingerprint density at radius 1 is 1.18 bits per heavy atom. The van der Waals surface area contributed by atoms with Gasteiger partial charge < -0.3 is 5.32 Å². The first-order valence-electron chi connectivity index (χ1n) is 6.44. The molecule has 1 aromatic rings. The van der Waals surface area contributed by atoms with E-state index in [-0.39, 0.29) is 5.82 Å². The van der Waals surface area contributed by atoms with Crippen molar-refractivity contribution in [2.75, 3.05) is 5.32 Å². The van der Waals surface area contributed by atoms with E-state index >= 15 is 0 Å². The number of hydrogen-bond acceptors (Lipinski definition) is 1.